The van der Waals surface area contributed by atoms with Crippen LogP contribution in [-0.4, -0.2) is 30.9 Å². The number of aryl methyl sites for hydroxylation is 1. The molecule has 7 nitrogen and oxygen atoms in total. The molecule has 0 unspecified atom stereocenters. The minimum atomic E-state index is -0.642. The second kappa shape index (κ2) is 10.7. The lowest BCUT2D eigenvalue weighted by Gasteiger charge is -2.24. The molecule has 1 aliphatic heterocycles. The van der Waals surface area contributed by atoms with E-state index in [2.05, 4.69) is 10.9 Å². The van der Waals surface area contributed by atoms with Crippen molar-refractivity contribution in [2.24, 2.45) is 4.99 Å². The van der Waals surface area contributed by atoms with Gasteiger partial charge in [0.25, 0.3) is 5.56 Å². The molecule has 1 atom stereocenters. The Kier molecular flexibility index (Phi) is 7.41. The molecule has 8 heteroatoms. The first-order valence-corrected chi connectivity index (χ1v) is 12.2. The Morgan fingerprint density at radius 2 is 1.94 bits per heavy atom. The topological polar surface area (TPSA) is 79.1 Å². The SMILES string of the molecule is C#CCOc1ccc(/C=c2/sc3n(c2=O)[C@@H](c2ccc(C)cc2)C(C(=O)OCC)=C(C)N=3)cc1OC. The van der Waals surface area contributed by atoms with Crippen molar-refractivity contribution >= 4 is 23.4 Å². The van der Waals surface area contributed by atoms with Gasteiger partial charge in [-0.25, -0.2) is 9.79 Å². The normalized spacial score (nSPS) is 15.1. The fourth-order valence-electron chi connectivity index (χ4n) is 4.02. The number of nitrogens with zero attached hydrogens (tertiary/aromatic N) is 2. The van der Waals surface area contributed by atoms with Crippen molar-refractivity contribution in [1.82, 2.24) is 4.57 Å². The number of carbonyl (C=O) groups excluding carboxylic acids is 1. The summed E-state index contributed by atoms with van der Waals surface area (Å²) in [4.78, 5) is 31.8. The number of methoxy groups -OCH3 is 1. The van der Waals surface area contributed by atoms with Crippen LogP contribution in [-0.2, 0) is 9.53 Å². The van der Waals surface area contributed by atoms with Gasteiger partial charge in [0.2, 0.25) is 0 Å². The maximum atomic E-state index is 13.7. The number of thiazole rings is 1. The molecule has 0 radical (unpaired) electrons. The first-order valence-electron chi connectivity index (χ1n) is 11.4. The van der Waals surface area contributed by atoms with Gasteiger partial charge in [-0.1, -0.05) is 53.2 Å². The van der Waals surface area contributed by atoms with Gasteiger partial charge >= 0.3 is 5.97 Å². The van der Waals surface area contributed by atoms with Crippen LogP contribution in [0.1, 0.15) is 36.6 Å². The number of esters is 1. The van der Waals surface area contributed by atoms with E-state index < -0.39 is 12.0 Å². The molecule has 0 N–H and O–H groups in total. The Balaban J connectivity index is 1.87. The Morgan fingerprint density at radius 1 is 1.19 bits per heavy atom. The number of allylic oxidation sites excluding steroid dienone is 1. The molecular weight excluding hydrogens is 476 g/mol. The summed E-state index contributed by atoms with van der Waals surface area (Å²) in [5.41, 5.74) is 3.28. The highest BCUT2D eigenvalue weighted by atomic mass is 32.1. The van der Waals surface area contributed by atoms with Crippen molar-refractivity contribution in [3.05, 3.63) is 90.1 Å². The second-order valence-corrected chi connectivity index (χ2v) is 9.13. The van der Waals surface area contributed by atoms with E-state index in [4.69, 9.17) is 20.6 Å². The predicted molar refractivity (Wildman–Crippen MR) is 139 cm³/mol. The van der Waals surface area contributed by atoms with Crippen molar-refractivity contribution < 1.29 is 19.0 Å². The van der Waals surface area contributed by atoms with Crippen molar-refractivity contribution in [1.29, 1.82) is 0 Å². The number of aromatic nitrogens is 1. The molecule has 0 fully saturated rings. The first-order chi connectivity index (χ1) is 17.4. The Bertz CT molecular complexity index is 1560. The third kappa shape index (κ3) is 4.83. The first kappa shape index (κ1) is 25.0. The Hall–Kier alpha value is -4.09. The molecule has 0 saturated carbocycles. The average molecular weight is 503 g/mol. The lowest BCUT2D eigenvalue weighted by Crippen LogP contribution is -2.39. The maximum absolute atomic E-state index is 13.7. The summed E-state index contributed by atoms with van der Waals surface area (Å²) in [6.07, 6.45) is 7.05. The molecule has 184 valence electrons. The summed E-state index contributed by atoms with van der Waals surface area (Å²) in [5.74, 6) is 2.97. The van der Waals surface area contributed by atoms with Gasteiger partial charge in [-0.2, -0.15) is 0 Å². The van der Waals surface area contributed by atoms with E-state index in [-0.39, 0.29) is 18.8 Å². The zero-order valence-electron chi connectivity index (χ0n) is 20.5. The van der Waals surface area contributed by atoms with Gasteiger partial charge in [-0.15, -0.1) is 6.42 Å². The van der Waals surface area contributed by atoms with Crippen LogP contribution in [0.25, 0.3) is 6.08 Å². The smallest absolute Gasteiger partial charge is 0.338 e. The molecule has 2 aromatic carbocycles. The molecule has 0 amide bonds. The van der Waals surface area contributed by atoms with E-state index in [1.807, 2.05) is 37.3 Å². The largest absolute Gasteiger partial charge is 0.493 e. The molecule has 0 saturated heterocycles. The third-order valence-electron chi connectivity index (χ3n) is 5.71. The average Bonchev–Trinajstić information content (AvgIpc) is 3.17. The van der Waals surface area contributed by atoms with Gasteiger partial charge in [0.05, 0.1) is 35.6 Å². The zero-order valence-corrected chi connectivity index (χ0v) is 21.3. The van der Waals surface area contributed by atoms with Crippen LogP contribution in [0.4, 0.5) is 0 Å². The van der Waals surface area contributed by atoms with E-state index in [9.17, 15) is 9.59 Å². The monoisotopic (exact) mass is 502 g/mol. The van der Waals surface area contributed by atoms with Crippen molar-refractivity contribution in [3.63, 3.8) is 0 Å². The minimum Gasteiger partial charge on any atom is -0.493 e. The van der Waals surface area contributed by atoms with Gasteiger partial charge in [-0.05, 0) is 50.1 Å². The standard InChI is InChI=1S/C28H26N2O5S/c1-6-14-35-21-13-10-19(15-22(21)33-5)16-23-26(31)30-25(20-11-8-17(3)9-12-20)24(27(32)34-7-2)18(4)29-28(30)36-23/h1,8-13,15-16,25H,7,14H2,2-5H3/b23-16+/t25-/m0/s1. The highest BCUT2D eigenvalue weighted by Crippen LogP contribution is 2.31. The number of rotatable bonds is 7. The van der Waals surface area contributed by atoms with Crippen LogP contribution < -0.4 is 24.4 Å². The molecule has 1 aromatic heterocycles. The van der Waals surface area contributed by atoms with E-state index in [1.165, 1.54) is 18.4 Å². The second-order valence-electron chi connectivity index (χ2n) is 8.12. The molecule has 0 spiro atoms. The quantitative estimate of drug-likeness (QED) is 0.366. The van der Waals surface area contributed by atoms with Crippen LogP contribution in [0.15, 0.2) is 63.5 Å². The number of carbonyl (C=O) groups is 1. The molecule has 3 aromatic rings. The van der Waals surface area contributed by atoms with E-state index in [1.54, 1.807) is 36.6 Å². The van der Waals surface area contributed by atoms with Crippen LogP contribution in [0.5, 0.6) is 11.5 Å². The highest BCUT2D eigenvalue weighted by molar-refractivity contribution is 7.07. The summed E-state index contributed by atoms with van der Waals surface area (Å²) in [6, 6.07) is 12.5. The van der Waals surface area contributed by atoms with Crippen LogP contribution >= 0.6 is 11.3 Å². The zero-order chi connectivity index (χ0) is 25.8. The van der Waals surface area contributed by atoms with Crippen LogP contribution in [0.2, 0.25) is 0 Å². The van der Waals surface area contributed by atoms with Crippen molar-refractivity contribution in [3.8, 4) is 23.8 Å². The molecule has 36 heavy (non-hydrogen) atoms. The number of hydrogen-bond acceptors (Lipinski definition) is 7. The Labute approximate surface area is 213 Å². The van der Waals surface area contributed by atoms with Gasteiger partial charge in [0.15, 0.2) is 16.3 Å². The van der Waals surface area contributed by atoms with Crippen LogP contribution in [0.3, 0.4) is 0 Å². The summed E-state index contributed by atoms with van der Waals surface area (Å²) < 4.78 is 18.3. The number of ether oxygens (including phenoxy) is 3. The van der Waals surface area contributed by atoms with E-state index in [0.717, 1.165) is 16.7 Å². The number of benzene rings is 2. The van der Waals surface area contributed by atoms with Gasteiger partial charge < -0.3 is 14.2 Å². The lowest BCUT2D eigenvalue weighted by atomic mass is 9.95. The molecule has 4 rings (SSSR count). The van der Waals surface area contributed by atoms with E-state index >= 15 is 0 Å². The van der Waals surface area contributed by atoms with Crippen LogP contribution in [0, 0.1) is 19.3 Å². The van der Waals surface area contributed by atoms with Crippen molar-refractivity contribution in [2.45, 2.75) is 26.8 Å². The minimum absolute atomic E-state index is 0.121. The fourth-order valence-corrected chi connectivity index (χ4v) is 5.07. The number of terminal acetylenes is 1. The summed E-state index contributed by atoms with van der Waals surface area (Å²) in [5, 5.41) is 0. The molecule has 0 aliphatic carbocycles. The highest BCUT2D eigenvalue weighted by Gasteiger charge is 2.33. The molecular formula is C28H26N2O5S. The van der Waals surface area contributed by atoms with Crippen molar-refractivity contribution in [2.75, 3.05) is 20.3 Å². The van der Waals surface area contributed by atoms with E-state index in [0.29, 0.717) is 32.1 Å². The fraction of sp³-hybridized carbons (Fsp3) is 0.250. The third-order valence-corrected chi connectivity index (χ3v) is 6.69. The summed E-state index contributed by atoms with van der Waals surface area (Å²) in [7, 11) is 1.54. The summed E-state index contributed by atoms with van der Waals surface area (Å²) >= 11 is 1.26. The molecule has 2 heterocycles. The summed E-state index contributed by atoms with van der Waals surface area (Å²) in [6.45, 7) is 5.85. The van der Waals surface area contributed by atoms with Gasteiger partial charge in [-0.3, -0.25) is 9.36 Å². The predicted octanol–water partition coefficient (Wildman–Crippen LogP) is 3.13. The lowest BCUT2D eigenvalue weighted by molar-refractivity contribution is -0.139. The maximum Gasteiger partial charge on any atom is 0.338 e. The molecule has 1 aliphatic rings. The number of fused-ring (bicyclic) bond motifs is 1. The van der Waals surface area contributed by atoms with Gasteiger partial charge in [0.1, 0.15) is 6.61 Å². The Morgan fingerprint density at radius 3 is 2.61 bits per heavy atom. The molecule has 0 bridgehead atoms. The number of hydrogen-bond donors (Lipinski definition) is 0. The van der Waals surface area contributed by atoms with Gasteiger partial charge in [0, 0.05) is 0 Å².